The summed E-state index contributed by atoms with van der Waals surface area (Å²) in [6, 6.07) is 24.8. The number of fused-ring (bicyclic) bond motifs is 2. The Kier molecular flexibility index (Phi) is 10.4. The van der Waals surface area contributed by atoms with Gasteiger partial charge < -0.3 is 36.0 Å². The van der Waals surface area contributed by atoms with Gasteiger partial charge in [0.15, 0.2) is 23.0 Å². The van der Waals surface area contributed by atoms with E-state index in [1.165, 1.54) is 22.3 Å². The molecule has 4 aliphatic heterocycles. The molecule has 7 nitrogen and oxygen atoms in total. The SMILES string of the molecule is COc1[c-]c2c3c(c1)CCN(C)[C@H]3Cc1ccc(OC)c(c1)Oc1ccc(cc1)C[C@H]1c3cc(c(OC)cc3CCN1C)O2.[CH3-].[W+2]. The Morgan fingerprint density at radius 1 is 0.696 bits per heavy atom. The molecular formula is C38H42N2O5W. The first-order valence-electron chi connectivity index (χ1n) is 15.3. The van der Waals surface area contributed by atoms with Gasteiger partial charge in [-0.25, -0.2) is 0 Å². The van der Waals surface area contributed by atoms with Crippen LogP contribution in [0.3, 0.4) is 0 Å². The normalized spacial score (nSPS) is 18.7. The Bertz CT molecular complexity index is 1690. The molecule has 0 aliphatic carbocycles. The first-order valence-corrected chi connectivity index (χ1v) is 15.3. The van der Waals surface area contributed by atoms with Crippen LogP contribution in [-0.4, -0.2) is 58.3 Å². The maximum absolute atomic E-state index is 6.88. The summed E-state index contributed by atoms with van der Waals surface area (Å²) in [7, 11) is 9.46. The van der Waals surface area contributed by atoms with E-state index in [4.69, 9.17) is 23.7 Å². The van der Waals surface area contributed by atoms with Crippen LogP contribution in [0, 0.1) is 13.5 Å². The van der Waals surface area contributed by atoms with Crippen molar-refractivity contribution in [2.45, 2.75) is 37.8 Å². The number of ether oxygens (including phenoxy) is 5. The van der Waals surface area contributed by atoms with Crippen molar-refractivity contribution in [1.82, 2.24) is 9.80 Å². The van der Waals surface area contributed by atoms with Gasteiger partial charge >= 0.3 is 21.1 Å². The molecule has 0 aromatic heterocycles. The third-order valence-corrected chi connectivity index (χ3v) is 9.45. The van der Waals surface area contributed by atoms with Gasteiger partial charge in [0, 0.05) is 24.1 Å². The largest absolute Gasteiger partial charge is 2.00 e. The van der Waals surface area contributed by atoms with E-state index in [9.17, 15) is 0 Å². The first-order chi connectivity index (χ1) is 21.4. The second kappa shape index (κ2) is 14.1. The fourth-order valence-corrected chi connectivity index (χ4v) is 6.94. The van der Waals surface area contributed by atoms with Crippen LogP contribution in [0.5, 0.6) is 40.2 Å². The predicted octanol–water partition coefficient (Wildman–Crippen LogP) is 7.40. The van der Waals surface area contributed by atoms with Gasteiger partial charge in [-0.2, -0.15) is 0 Å². The molecule has 0 unspecified atom stereocenters. The standard InChI is InChI=1S/C37H39N2O5.CH3.W/c1-38-14-12-25-20-33(42-5)35-22-29(25)30(38)16-23-6-9-27(10-7-23)43-34-18-24(8-11-32(34)41-4)17-31-37-26(13-15-39(31)2)19-28(40-3)21-36(37)44-35;;/h6-11,18-20,22,30-31H,12-17H2,1-5H3;1H3;/q2*-1;+2/t30-,31-;;/m0../s1. The number of hydrogen-bond donors (Lipinski definition) is 0. The molecule has 0 radical (unpaired) electrons. The first kappa shape index (κ1) is 33.8. The maximum atomic E-state index is 6.88. The van der Waals surface area contributed by atoms with Crippen molar-refractivity contribution in [3.63, 3.8) is 0 Å². The second-order valence-corrected chi connectivity index (χ2v) is 12.0. The number of likely N-dealkylation sites (N-methyl/N-ethyl adjacent to an activating group) is 2. The summed E-state index contributed by atoms with van der Waals surface area (Å²) in [6.45, 7) is 1.90. The summed E-state index contributed by atoms with van der Waals surface area (Å²) in [5, 5.41) is 0. The van der Waals surface area contributed by atoms with Gasteiger partial charge in [0.2, 0.25) is 0 Å². The van der Waals surface area contributed by atoms with Crippen molar-refractivity contribution in [2.24, 2.45) is 0 Å². The molecule has 4 aliphatic rings. The minimum Gasteiger partial charge on any atom is -0.522 e. The summed E-state index contributed by atoms with van der Waals surface area (Å²) < 4.78 is 30.6. The molecule has 4 heterocycles. The molecule has 0 amide bonds. The average Bonchev–Trinajstić information content (AvgIpc) is 3.04. The zero-order valence-electron chi connectivity index (χ0n) is 27.5. The van der Waals surface area contributed by atoms with Gasteiger partial charge in [0.1, 0.15) is 5.75 Å². The summed E-state index contributed by atoms with van der Waals surface area (Å²) in [5.74, 6) is 4.96. The van der Waals surface area contributed by atoms with E-state index in [1.807, 2.05) is 6.07 Å². The van der Waals surface area contributed by atoms with Crippen molar-refractivity contribution in [1.29, 1.82) is 0 Å². The van der Waals surface area contributed by atoms with Crippen LogP contribution < -0.4 is 23.7 Å². The van der Waals surface area contributed by atoms with Gasteiger partial charge in [-0.15, -0.1) is 11.6 Å². The summed E-state index contributed by atoms with van der Waals surface area (Å²) >= 11 is 0. The van der Waals surface area contributed by atoms with Crippen LogP contribution in [0.4, 0.5) is 0 Å². The van der Waals surface area contributed by atoms with E-state index in [0.29, 0.717) is 28.7 Å². The fraction of sp³-hybridized carbons (Fsp3) is 0.342. The van der Waals surface area contributed by atoms with Gasteiger partial charge in [-0.1, -0.05) is 29.8 Å². The van der Waals surface area contributed by atoms with E-state index in [1.54, 1.807) is 21.3 Å². The predicted molar refractivity (Wildman–Crippen MR) is 176 cm³/mol. The van der Waals surface area contributed by atoms with Gasteiger partial charge in [-0.3, -0.25) is 4.90 Å². The Morgan fingerprint density at radius 3 is 2.07 bits per heavy atom. The third kappa shape index (κ3) is 6.38. The van der Waals surface area contributed by atoms with E-state index in [2.05, 4.69) is 84.6 Å². The summed E-state index contributed by atoms with van der Waals surface area (Å²) in [5.41, 5.74) is 7.28. The minimum absolute atomic E-state index is 0. The van der Waals surface area contributed by atoms with Crippen molar-refractivity contribution in [3.05, 3.63) is 108 Å². The Hall–Kier alpha value is -3.51. The molecule has 4 aromatic rings. The van der Waals surface area contributed by atoms with Crippen LogP contribution in [0.15, 0.2) is 60.7 Å². The third-order valence-electron chi connectivity index (χ3n) is 9.45. The fourth-order valence-electron chi connectivity index (χ4n) is 6.94. The van der Waals surface area contributed by atoms with Crippen LogP contribution in [0.1, 0.15) is 45.5 Å². The van der Waals surface area contributed by atoms with E-state index < -0.39 is 0 Å². The van der Waals surface area contributed by atoms with Crippen LogP contribution in [0.25, 0.3) is 0 Å². The Morgan fingerprint density at radius 2 is 1.35 bits per heavy atom. The van der Waals surface area contributed by atoms with Crippen molar-refractivity contribution < 1.29 is 44.7 Å². The van der Waals surface area contributed by atoms with E-state index >= 15 is 0 Å². The molecular weight excluding hydrogens is 748 g/mol. The van der Waals surface area contributed by atoms with Crippen LogP contribution in [-0.2, 0) is 46.7 Å². The molecule has 8 rings (SSSR count). The molecule has 46 heavy (non-hydrogen) atoms. The molecule has 0 fully saturated rings. The number of hydrogen-bond acceptors (Lipinski definition) is 7. The average molecular weight is 791 g/mol. The summed E-state index contributed by atoms with van der Waals surface area (Å²) in [6.07, 6.45) is 3.47. The van der Waals surface area contributed by atoms with E-state index in [0.717, 1.165) is 61.4 Å². The topological polar surface area (TPSA) is 52.6 Å². The zero-order valence-corrected chi connectivity index (χ0v) is 30.4. The molecule has 0 saturated heterocycles. The molecule has 0 saturated carbocycles. The molecule has 4 aromatic carbocycles. The molecule has 6 bridgehead atoms. The smallest absolute Gasteiger partial charge is 0.522 e. The monoisotopic (exact) mass is 790 g/mol. The zero-order chi connectivity index (χ0) is 30.4. The molecule has 8 heteroatoms. The second-order valence-electron chi connectivity index (χ2n) is 12.0. The van der Waals surface area contributed by atoms with Crippen molar-refractivity contribution >= 4 is 0 Å². The maximum Gasteiger partial charge on any atom is 2.00 e. The quantitative estimate of drug-likeness (QED) is 0.201. The van der Waals surface area contributed by atoms with Gasteiger partial charge in [0.25, 0.3) is 0 Å². The van der Waals surface area contributed by atoms with Crippen molar-refractivity contribution in [2.75, 3.05) is 48.5 Å². The van der Waals surface area contributed by atoms with Crippen LogP contribution >= 0.6 is 0 Å². The van der Waals surface area contributed by atoms with Gasteiger partial charge in [0.05, 0.1) is 21.3 Å². The molecule has 0 spiro atoms. The number of rotatable bonds is 3. The van der Waals surface area contributed by atoms with Gasteiger partial charge in [-0.05, 0) is 111 Å². The Balaban J connectivity index is 0.00000208. The number of benzene rings is 4. The summed E-state index contributed by atoms with van der Waals surface area (Å²) in [4.78, 5) is 4.83. The Labute approximate surface area is 287 Å². The van der Waals surface area contributed by atoms with Crippen molar-refractivity contribution in [3.8, 4) is 40.2 Å². The number of methoxy groups -OCH3 is 3. The molecule has 0 N–H and O–H groups in total. The van der Waals surface area contributed by atoms with Crippen LogP contribution in [0.2, 0.25) is 0 Å². The molecule has 240 valence electrons. The molecule has 2 atom stereocenters. The number of nitrogens with zero attached hydrogens (tertiary/aromatic N) is 2. The minimum atomic E-state index is 0. The van der Waals surface area contributed by atoms with E-state index in [-0.39, 0.29) is 40.6 Å².